The standard InChI is InChI=1S/C24H34N6O/c1-28(2)24(21-25-26-27-30(21)20-12-6-7-13-20)16-17-29(18-24)22(31)23(14-8-9-15-23)19-10-4-3-5-11-19/h3-5,10-11,20H,6-9,12-18H2,1-2H3. The molecule has 1 aromatic carbocycles. The van der Waals surface area contributed by atoms with Crippen molar-refractivity contribution in [2.75, 3.05) is 27.2 Å². The molecule has 2 aliphatic carbocycles. The van der Waals surface area contributed by atoms with Crippen LogP contribution in [0.2, 0.25) is 0 Å². The van der Waals surface area contributed by atoms with Gasteiger partial charge in [-0.3, -0.25) is 9.69 Å². The fourth-order valence-corrected chi connectivity index (χ4v) is 6.27. The summed E-state index contributed by atoms with van der Waals surface area (Å²) < 4.78 is 2.07. The summed E-state index contributed by atoms with van der Waals surface area (Å²) in [5.41, 5.74) is 0.467. The Hall–Kier alpha value is -2.28. The number of likely N-dealkylation sites (N-methyl/N-ethyl adjacent to an activating group) is 1. The van der Waals surface area contributed by atoms with E-state index in [1.165, 1.54) is 18.4 Å². The Morgan fingerprint density at radius 2 is 1.74 bits per heavy atom. The van der Waals surface area contributed by atoms with E-state index in [2.05, 4.69) is 68.4 Å². The summed E-state index contributed by atoms with van der Waals surface area (Å²) in [6, 6.07) is 10.8. The maximum absolute atomic E-state index is 14.0. The summed E-state index contributed by atoms with van der Waals surface area (Å²) in [5.74, 6) is 1.22. The highest BCUT2D eigenvalue weighted by Gasteiger charge is 2.52. The lowest BCUT2D eigenvalue weighted by atomic mass is 9.77. The summed E-state index contributed by atoms with van der Waals surface area (Å²) in [7, 11) is 4.20. The third-order valence-electron chi connectivity index (χ3n) is 8.16. The van der Waals surface area contributed by atoms with Crippen LogP contribution in [0.1, 0.15) is 75.2 Å². The fraction of sp³-hybridized carbons (Fsp3) is 0.667. The minimum atomic E-state index is -0.374. The van der Waals surface area contributed by atoms with E-state index < -0.39 is 0 Å². The topological polar surface area (TPSA) is 67.2 Å². The van der Waals surface area contributed by atoms with E-state index in [0.717, 1.165) is 57.3 Å². The number of benzene rings is 1. The van der Waals surface area contributed by atoms with E-state index in [-0.39, 0.29) is 11.0 Å². The number of hydrogen-bond donors (Lipinski definition) is 0. The van der Waals surface area contributed by atoms with E-state index in [1.807, 2.05) is 6.07 Å². The second kappa shape index (κ2) is 8.01. The molecule has 7 nitrogen and oxygen atoms in total. The first-order valence-corrected chi connectivity index (χ1v) is 11.9. The molecule has 1 unspecified atom stereocenters. The molecule has 166 valence electrons. The predicted octanol–water partition coefficient (Wildman–Crippen LogP) is 3.29. The van der Waals surface area contributed by atoms with Crippen molar-refractivity contribution in [3.05, 3.63) is 41.7 Å². The highest BCUT2D eigenvalue weighted by Crippen LogP contribution is 2.45. The first kappa shape index (κ1) is 20.6. The molecule has 1 aliphatic heterocycles. The molecule has 1 atom stereocenters. The second-order valence-electron chi connectivity index (χ2n) is 9.94. The van der Waals surface area contributed by atoms with Crippen LogP contribution in [-0.4, -0.2) is 63.1 Å². The average molecular weight is 423 g/mol. The first-order valence-electron chi connectivity index (χ1n) is 11.9. The number of amides is 1. The summed E-state index contributed by atoms with van der Waals surface area (Å²) in [6.45, 7) is 1.41. The number of carbonyl (C=O) groups is 1. The average Bonchev–Trinajstić information content (AvgIpc) is 3.59. The van der Waals surface area contributed by atoms with Crippen molar-refractivity contribution in [2.45, 2.75) is 74.8 Å². The molecule has 0 spiro atoms. The van der Waals surface area contributed by atoms with Gasteiger partial charge < -0.3 is 4.90 Å². The number of aromatic nitrogens is 4. The van der Waals surface area contributed by atoms with Crippen molar-refractivity contribution < 1.29 is 4.79 Å². The molecule has 3 aliphatic rings. The lowest BCUT2D eigenvalue weighted by Crippen LogP contribution is -2.50. The zero-order valence-electron chi connectivity index (χ0n) is 18.8. The Balaban J connectivity index is 1.46. The van der Waals surface area contributed by atoms with E-state index >= 15 is 0 Å². The Morgan fingerprint density at radius 1 is 1.03 bits per heavy atom. The summed E-state index contributed by atoms with van der Waals surface area (Å²) >= 11 is 0. The van der Waals surface area contributed by atoms with Crippen LogP contribution in [0.15, 0.2) is 30.3 Å². The number of tetrazole rings is 1. The molecule has 1 saturated heterocycles. The third kappa shape index (κ3) is 3.28. The predicted molar refractivity (Wildman–Crippen MR) is 118 cm³/mol. The molecule has 1 aromatic heterocycles. The molecule has 7 heteroatoms. The minimum absolute atomic E-state index is 0.291. The maximum atomic E-state index is 14.0. The Bertz CT molecular complexity index is 913. The first-order chi connectivity index (χ1) is 15.1. The summed E-state index contributed by atoms with van der Waals surface area (Å²) in [5, 5.41) is 13.0. The largest absolute Gasteiger partial charge is 0.340 e. The maximum Gasteiger partial charge on any atom is 0.233 e. The van der Waals surface area contributed by atoms with Gasteiger partial charge >= 0.3 is 0 Å². The molecule has 0 bridgehead atoms. The molecule has 31 heavy (non-hydrogen) atoms. The molecule has 5 rings (SSSR count). The monoisotopic (exact) mass is 422 g/mol. The van der Waals surface area contributed by atoms with Crippen LogP contribution in [0.25, 0.3) is 0 Å². The van der Waals surface area contributed by atoms with Gasteiger partial charge in [0.2, 0.25) is 5.91 Å². The van der Waals surface area contributed by atoms with Gasteiger partial charge in [-0.1, -0.05) is 56.0 Å². The minimum Gasteiger partial charge on any atom is -0.340 e. The second-order valence-corrected chi connectivity index (χ2v) is 9.94. The van der Waals surface area contributed by atoms with Gasteiger partial charge in [0.15, 0.2) is 5.82 Å². The quantitative estimate of drug-likeness (QED) is 0.740. The van der Waals surface area contributed by atoms with Gasteiger partial charge in [-0.25, -0.2) is 4.68 Å². The third-order valence-corrected chi connectivity index (χ3v) is 8.16. The fourth-order valence-electron chi connectivity index (χ4n) is 6.27. The van der Waals surface area contributed by atoms with Gasteiger partial charge in [0, 0.05) is 13.1 Å². The van der Waals surface area contributed by atoms with Crippen molar-refractivity contribution in [1.82, 2.24) is 30.0 Å². The molecule has 2 aromatic rings. The van der Waals surface area contributed by atoms with Gasteiger partial charge in [0.25, 0.3) is 0 Å². The molecular weight excluding hydrogens is 388 g/mol. The van der Waals surface area contributed by atoms with Crippen molar-refractivity contribution in [3.63, 3.8) is 0 Å². The number of nitrogens with zero attached hydrogens (tertiary/aromatic N) is 6. The Labute approximate surface area is 184 Å². The molecule has 2 heterocycles. The van der Waals surface area contributed by atoms with Crippen LogP contribution < -0.4 is 0 Å². The Morgan fingerprint density at radius 3 is 2.42 bits per heavy atom. The van der Waals surface area contributed by atoms with E-state index in [0.29, 0.717) is 18.5 Å². The molecule has 0 radical (unpaired) electrons. The smallest absolute Gasteiger partial charge is 0.233 e. The van der Waals surface area contributed by atoms with E-state index in [4.69, 9.17) is 0 Å². The van der Waals surface area contributed by atoms with Crippen LogP contribution in [0.3, 0.4) is 0 Å². The number of rotatable bonds is 5. The number of hydrogen-bond acceptors (Lipinski definition) is 5. The molecule has 0 N–H and O–H groups in total. The van der Waals surface area contributed by atoms with Crippen LogP contribution in [0.5, 0.6) is 0 Å². The zero-order chi connectivity index (χ0) is 21.5. The lowest BCUT2D eigenvalue weighted by molar-refractivity contribution is -0.136. The van der Waals surface area contributed by atoms with Crippen molar-refractivity contribution in [3.8, 4) is 0 Å². The van der Waals surface area contributed by atoms with Crippen molar-refractivity contribution in [2.24, 2.45) is 0 Å². The van der Waals surface area contributed by atoms with Crippen LogP contribution in [0.4, 0.5) is 0 Å². The van der Waals surface area contributed by atoms with Crippen molar-refractivity contribution in [1.29, 1.82) is 0 Å². The van der Waals surface area contributed by atoms with Crippen LogP contribution in [0, 0.1) is 0 Å². The van der Waals surface area contributed by atoms with E-state index in [1.54, 1.807) is 0 Å². The lowest BCUT2D eigenvalue weighted by Gasteiger charge is -2.37. The van der Waals surface area contributed by atoms with Gasteiger partial charge in [0.1, 0.15) is 5.54 Å². The van der Waals surface area contributed by atoms with E-state index in [9.17, 15) is 4.79 Å². The zero-order valence-corrected chi connectivity index (χ0v) is 18.8. The van der Waals surface area contributed by atoms with Gasteiger partial charge in [-0.2, -0.15) is 0 Å². The van der Waals surface area contributed by atoms with Gasteiger partial charge in [0.05, 0.1) is 11.5 Å². The van der Waals surface area contributed by atoms with Crippen molar-refractivity contribution >= 4 is 5.91 Å². The van der Waals surface area contributed by atoms with Gasteiger partial charge in [-0.15, -0.1) is 5.10 Å². The van der Waals surface area contributed by atoms with Crippen LogP contribution >= 0.6 is 0 Å². The summed E-state index contributed by atoms with van der Waals surface area (Å²) in [6.07, 6.45) is 9.75. The van der Waals surface area contributed by atoms with Gasteiger partial charge in [-0.05, 0) is 62.2 Å². The molecule has 2 saturated carbocycles. The molecule has 1 amide bonds. The summed E-state index contributed by atoms with van der Waals surface area (Å²) in [4.78, 5) is 18.4. The highest BCUT2D eigenvalue weighted by atomic mass is 16.2. The number of carbonyl (C=O) groups excluding carboxylic acids is 1. The van der Waals surface area contributed by atoms with Crippen LogP contribution in [-0.2, 0) is 15.7 Å². The molecule has 3 fully saturated rings. The molecular formula is C24H34N6O. The number of likely N-dealkylation sites (tertiary alicyclic amines) is 1. The Kier molecular flexibility index (Phi) is 5.32. The normalized spacial score (nSPS) is 26.2. The SMILES string of the molecule is CN(C)C1(c2nnnn2C2CCCC2)CCN(C(=O)C2(c3ccccc3)CCCC2)C1. The highest BCUT2D eigenvalue weighted by molar-refractivity contribution is 5.89.